The molecular weight excluding hydrogens is 264 g/mol. The van der Waals surface area contributed by atoms with Crippen LogP contribution in [-0.4, -0.2) is 33.3 Å². The average molecular weight is 280 g/mol. The molecule has 1 aliphatic heterocycles. The number of rotatable bonds is 1. The summed E-state index contributed by atoms with van der Waals surface area (Å²) >= 11 is 0. The van der Waals surface area contributed by atoms with Crippen LogP contribution in [0.3, 0.4) is 0 Å². The van der Waals surface area contributed by atoms with Crippen LogP contribution in [0.4, 0.5) is 11.8 Å². The highest BCUT2D eigenvalue weighted by molar-refractivity contribution is 5.87. The van der Waals surface area contributed by atoms with E-state index >= 15 is 0 Å². The lowest BCUT2D eigenvalue weighted by atomic mass is 10.0. The summed E-state index contributed by atoms with van der Waals surface area (Å²) in [4.78, 5) is 10.9. The van der Waals surface area contributed by atoms with Gasteiger partial charge >= 0.3 is 0 Å². The lowest BCUT2D eigenvalue weighted by Gasteiger charge is -2.21. The molecule has 6 heteroatoms. The predicted molar refractivity (Wildman–Crippen MR) is 82.2 cm³/mol. The molecule has 3 aromatic rings. The van der Waals surface area contributed by atoms with Crippen LogP contribution in [0.15, 0.2) is 30.5 Å². The second-order valence-corrected chi connectivity index (χ2v) is 5.29. The van der Waals surface area contributed by atoms with Crippen molar-refractivity contribution in [2.75, 3.05) is 23.7 Å². The summed E-state index contributed by atoms with van der Waals surface area (Å²) in [6.45, 7) is 1.85. The van der Waals surface area contributed by atoms with Crippen molar-refractivity contribution in [3.8, 4) is 0 Å². The van der Waals surface area contributed by atoms with E-state index in [1.54, 1.807) is 6.20 Å². The van der Waals surface area contributed by atoms with Crippen LogP contribution in [0.1, 0.15) is 11.1 Å². The first-order valence-corrected chi connectivity index (χ1v) is 7.09. The van der Waals surface area contributed by atoms with E-state index in [9.17, 15) is 0 Å². The molecule has 0 bridgehead atoms. The molecule has 0 saturated carbocycles. The zero-order chi connectivity index (χ0) is 14.2. The molecule has 0 aliphatic carbocycles. The topological polar surface area (TPSA) is 83.7 Å². The molecule has 0 saturated heterocycles. The van der Waals surface area contributed by atoms with Gasteiger partial charge in [-0.05, 0) is 24.0 Å². The van der Waals surface area contributed by atoms with Gasteiger partial charge in [-0.3, -0.25) is 5.10 Å². The molecule has 2 aromatic heterocycles. The monoisotopic (exact) mass is 280 g/mol. The second kappa shape index (κ2) is 4.73. The minimum Gasteiger partial charge on any atom is -0.368 e. The maximum atomic E-state index is 5.82. The van der Waals surface area contributed by atoms with E-state index in [4.69, 9.17) is 5.73 Å². The van der Waals surface area contributed by atoms with Crippen LogP contribution in [0, 0.1) is 0 Å². The molecule has 3 N–H and O–H groups in total. The normalized spacial score (nSPS) is 15.0. The summed E-state index contributed by atoms with van der Waals surface area (Å²) in [5.41, 5.74) is 9.35. The average Bonchev–Trinajstić information content (AvgIpc) is 2.85. The largest absolute Gasteiger partial charge is 0.368 e. The number of hydrogen-bond donors (Lipinski definition) is 2. The Morgan fingerprint density at radius 3 is 2.48 bits per heavy atom. The lowest BCUT2D eigenvalue weighted by Crippen LogP contribution is -2.27. The number of nitrogen functional groups attached to an aromatic ring is 1. The molecule has 3 heterocycles. The van der Waals surface area contributed by atoms with Gasteiger partial charge in [0.15, 0.2) is 5.65 Å². The molecular formula is C15H16N6. The van der Waals surface area contributed by atoms with Gasteiger partial charge in [0.25, 0.3) is 0 Å². The van der Waals surface area contributed by atoms with E-state index in [1.807, 2.05) is 0 Å². The first-order chi connectivity index (χ1) is 10.3. The molecule has 4 rings (SSSR count). The van der Waals surface area contributed by atoms with Crippen LogP contribution >= 0.6 is 0 Å². The van der Waals surface area contributed by atoms with Gasteiger partial charge in [-0.2, -0.15) is 15.1 Å². The van der Waals surface area contributed by atoms with Gasteiger partial charge in [0.05, 0.1) is 11.6 Å². The van der Waals surface area contributed by atoms with Crippen molar-refractivity contribution in [1.82, 2.24) is 20.2 Å². The van der Waals surface area contributed by atoms with Gasteiger partial charge in [0.1, 0.15) is 5.82 Å². The van der Waals surface area contributed by atoms with Crippen molar-refractivity contribution in [1.29, 1.82) is 0 Å². The molecule has 106 valence electrons. The molecule has 1 aromatic carbocycles. The third-order valence-corrected chi connectivity index (χ3v) is 4.03. The Morgan fingerprint density at radius 2 is 1.76 bits per heavy atom. The summed E-state index contributed by atoms with van der Waals surface area (Å²) in [6.07, 6.45) is 3.79. The fourth-order valence-corrected chi connectivity index (χ4v) is 2.96. The Labute approximate surface area is 122 Å². The van der Waals surface area contributed by atoms with Crippen molar-refractivity contribution in [3.05, 3.63) is 41.6 Å². The number of hydrogen-bond acceptors (Lipinski definition) is 5. The van der Waals surface area contributed by atoms with Crippen molar-refractivity contribution >= 4 is 22.8 Å². The molecule has 0 amide bonds. The van der Waals surface area contributed by atoms with E-state index in [0.29, 0.717) is 5.65 Å². The third kappa shape index (κ3) is 2.08. The number of anilines is 2. The second-order valence-electron chi connectivity index (χ2n) is 5.29. The quantitative estimate of drug-likeness (QED) is 0.706. The van der Waals surface area contributed by atoms with E-state index in [2.05, 4.69) is 49.3 Å². The van der Waals surface area contributed by atoms with Crippen molar-refractivity contribution in [2.45, 2.75) is 12.8 Å². The molecule has 6 nitrogen and oxygen atoms in total. The molecule has 0 unspecified atom stereocenters. The Balaban J connectivity index is 1.72. The summed E-state index contributed by atoms with van der Waals surface area (Å²) < 4.78 is 0. The molecule has 0 radical (unpaired) electrons. The number of aromatic amines is 1. The van der Waals surface area contributed by atoms with Gasteiger partial charge in [0, 0.05) is 13.1 Å². The van der Waals surface area contributed by atoms with Crippen LogP contribution < -0.4 is 10.6 Å². The van der Waals surface area contributed by atoms with Crippen LogP contribution in [0.25, 0.3) is 11.0 Å². The van der Waals surface area contributed by atoms with Crippen LogP contribution in [-0.2, 0) is 12.8 Å². The Hall–Kier alpha value is -2.63. The van der Waals surface area contributed by atoms with E-state index < -0.39 is 0 Å². The van der Waals surface area contributed by atoms with E-state index in [0.717, 1.165) is 37.1 Å². The van der Waals surface area contributed by atoms with Crippen molar-refractivity contribution in [3.63, 3.8) is 0 Å². The standard InChI is InChI=1S/C15H16N6/c16-15-18-13-12(9-17-20-13)14(19-15)21-7-5-10-3-1-2-4-11(10)6-8-21/h1-4,9H,5-8H2,(H3,16,17,18,19,20). The number of aromatic nitrogens is 4. The summed E-state index contributed by atoms with van der Waals surface area (Å²) in [6, 6.07) is 8.62. The predicted octanol–water partition coefficient (Wildman–Crippen LogP) is 1.54. The van der Waals surface area contributed by atoms with E-state index in [-0.39, 0.29) is 5.95 Å². The minimum atomic E-state index is 0.281. The maximum Gasteiger partial charge on any atom is 0.224 e. The number of nitrogens with zero attached hydrogens (tertiary/aromatic N) is 4. The van der Waals surface area contributed by atoms with Crippen LogP contribution in [0.5, 0.6) is 0 Å². The van der Waals surface area contributed by atoms with Gasteiger partial charge in [-0.1, -0.05) is 24.3 Å². The number of benzene rings is 1. The Kier molecular flexibility index (Phi) is 2.73. The number of H-pyrrole nitrogens is 1. The molecule has 1 aliphatic rings. The van der Waals surface area contributed by atoms with Crippen LogP contribution in [0.2, 0.25) is 0 Å². The number of nitrogens with one attached hydrogen (secondary N) is 1. The smallest absolute Gasteiger partial charge is 0.224 e. The molecule has 0 atom stereocenters. The fourth-order valence-electron chi connectivity index (χ4n) is 2.96. The molecule has 0 spiro atoms. The fraction of sp³-hybridized carbons (Fsp3) is 0.267. The zero-order valence-electron chi connectivity index (χ0n) is 11.6. The first kappa shape index (κ1) is 12.1. The Morgan fingerprint density at radius 1 is 1.05 bits per heavy atom. The number of fused-ring (bicyclic) bond motifs is 2. The minimum absolute atomic E-state index is 0.281. The van der Waals surface area contributed by atoms with Gasteiger partial charge in [-0.25, -0.2) is 0 Å². The van der Waals surface area contributed by atoms with Gasteiger partial charge < -0.3 is 10.6 Å². The molecule has 21 heavy (non-hydrogen) atoms. The SMILES string of the molecule is Nc1nc(N2CCc3ccccc3CC2)c2cn[nH]c2n1. The third-order valence-electron chi connectivity index (χ3n) is 4.03. The maximum absolute atomic E-state index is 5.82. The lowest BCUT2D eigenvalue weighted by molar-refractivity contribution is 0.794. The molecule has 0 fully saturated rings. The van der Waals surface area contributed by atoms with Gasteiger partial charge in [-0.15, -0.1) is 0 Å². The highest BCUT2D eigenvalue weighted by Gasteiger charge is 2.18. The number of nitrogens with two attached hydrogens (primary N) is 1. The van der Waals surface area contributed by atoms with E-state index in [1.165, 1.54) is 11.1 Å². The highest BCUT2D eigenvalue weighted by Crippen LogP contribution is 2.25. The van der Waals surface area contributed by atoms with Gasteiger partial charge in [0.2, 0.25) is 5.95 Å². The summed E-state index contributed by atoms with van der Waals surface area (Å²) in [5, 5.41) is 7.84. The highest BCUT2D eigenvalue weighted by atomic mass is 15.2. The summed E-state index contributed by atoms with van der Waals surface area (Å²) in [5.74, 6) is 1.16. The first-order valence-electron chi connectivity index (χ1n) is 7.09. The Bertz CT molecular complexity index is 767. The van der Waals surface area contributed by atoms with Crippen molar-refractivity contribution < 1.29 is 0 Å². The zero-order valence-corrected chi connectivity index (χ0v) is 11.6. The van der Waals surface area contributed by atoms with Crippen molar-refractivity contribution in [2.24, 2.45) is 0 Å². The summed E-state index contributed by atoms with van der Waals surface area (Å²) in [7, 11) is 0.